The molecule has 0 aliphatic carbocycles. The predicted octanol–water partition coefficient (Wildman–Crippen LogP) is 3.37. The zero-order valence-electron chi connectivity index (χ0n) is 14.9. The molecule has 0 unspecified atom stereocenters. The van der Waals surface area contributed by atoms with Crippen molar-refractivity contribution in [1.82, 2.24) is 0 Å². The second-order valence-corrected chi connectivity index (χ2v) is 6.29. The van der Waals surface area contributed by atoms with Crippen LogP contribution in [0.2, 0.25) is 5.02 Å². The minimum atomic E-state index is -0.620. The van der Waals surface area contributed by atoms with E-state index in [9.17, 15) is 14.9 Å². The van der Waals surface area contributed by atoms with E-state index >= 15 is 0 Å². The van der Waals surface area contributed by atoms with Crippen LogP contribution < -0.4 is 15.8 Å². The van der Waals surface area contributed by atoms with Gasteiger partial charge in [0.05, 0.1) is 5.02 Å². The van der Waals surface area contributed by atoms with E-state index in [-0.39, 0.29) is 23.0 Å². The summed E-state index contributed by atoms with van der Waals surface area (Å²) >= 11 is 6.09. The number of halogens is 1. The van der Waals surface area contributed by atoms with E-state index in [1.54, 1.807) is 12.1 Å². The minimum Gasteiger partial charge on any atom is -0.482 e. The first-order chi connectivity index (χ1) is 12.8. The highest BCUT2D eigenvalue weighted by Crippen LogP contribution is 2.26. The van der Waals surface area contributed by atoms with Crippen LogP contribution in [0.5, 0.6) is 5.75 Å². The number of nitrogens with two attached hydrogens (primary N) is 1. The lowest BCUT2D eigenvalue weighted by molar-refractivity contribution is -0.120. The molecule has 27 heavy (non-hydrogen) atoms. The maximum Gasteiger partial charge on any atom is 0.266 e. The van der Waals surface area contributed by atoms with E-state index in [4.69, 9.17) is 22.1 Å². The molecule has 7 heteroatoms. The second-order valence-electron chi connectivity index (χ2n) is 5.89. The molecule has 6 nitrogen and oxygen atoms in total. The molecule has 0 fully saturated rings. The number of anilines is 1. The number of rotatable bonds is 6. The summed E-state index contributed by atoms with van der Waals surface area (Å²) in [5.74, 6) is -0.856. The summed E-state index contributed by atoms with van der Waals surface area (Å²) in [6.07, 6.45) is 1.42. The Morgan fingerprint density at radius 3 is 2.59 bits per heavy atom. The smallest absolute Gasteiger partial charge is 0.266 e. The van der Waals surface area contributed by atoms with Gasteiger partial charge >= 0.3 is 0 Å². The Morgan fingerprint density at radius 1 is 1.26 bits per heavy atom. The first-order valence-electron chi connectivity index (χ1n) is 8.01. The number of hydrogen-bond donors (Lipinski definition) is 2. The third-order valence-electron chi connectivity index (χ3n) is 3.63. The highest BCUT2D eigenvalue weighted by molar-refractivity contribution is 6.32. The van der Waals surface area contributed by atoms with Crippen LogP contribution in [0.4, 0.5) is 5.69 Å². The van der Waals surface area contributed by atoms with Gasteiger partial charge in [0.2, 0.25) is 0 Å². The summed E-state index contributed by atoms with van der Waals surface area (Å²) in [6.45, 7) is 3.54. The van der Waals surface area contributed by atoms with Crippen molar-refractivity contribution in [2.45, 2.75) is 13.8 Å². The fourth-order valence-electron chi connectivity index (χ4n) is 2.33. The molecule has 0 saturated heterocycles. The minimum absolute atomic E-state index is 0.0724. The zero-order valence-corrected chi connectivity index (χ0v) is 15.6. The van der Waals surface area contributed by atoms with E-state index < -0.39 is 11.8 Å². The molecule has 0 bridgehead atoms. The molecule has 2 amide bonds. The van der Waals surface area contributed by atoms with Gasteiger partial charge in [-0.3, -0.25) is 9.59 Å². The molecule has 2 rings (SSSR count). The third kappa shape index (κ3) is 5.59. The number of ether oxygens (including phenoxy) is 1. The van der Waals surface area contributed by atoms with Crippen molar-refractivity contribution in [3.05, 3.63) is 63.7 Å². The number of nitriles is 1. The van der Waals surface area contributed by atoms with Gasteiger partial charge < -0.3 is 15.8 Å². The lowest BCUT2D eigenvalue weighted by Gasteiger charge is -2.09. The van der Waals surface area contributed by atoms with Crippen molar-refractivity contribution in [2.24, 2.45) is 5.73 Å². The fraction of sp³-hybridized carbons (Fsp3) is 0.150. The summed E-state index contributed by atoms with van der Waals surface area (Å²) in [7, 11) is 0. The second kappa shape index (κ2) is 8.88. The van der Waals surface area contributed by atoms with Crippen molar-refractivity contribution in [2.75, 3.05) is 11.9 Å². The molecule has 0 aliphatic rings. The van der Waals surface area contributed by atoms with Gasteiger partial charge in [-0.25, -0.2) is 0 Å². The van der Waals surface area contributed by atoms with Crippen LogP contribution in [0.15, 0.2) is 42.0 Å². The van der Waals surface area contributed by atoms with Gasteiger partial charge in [-0.2, -0.15) is 5.26 Å². The number of amides is 2. The number of carbonyl (C=O) groups excluding carboxylic acids is 2. The van der Waals surface area contributed by atoms with Crippen molar-refractivity contribution < 1.29 is 14.3 Å². The summed E-state index contributed by atoms with van der Waals surface area (Å²) < 4.78 is 5.16. The molecule has 2 aromatic rings. The number of nitrogens with one attached hydrogen (secondary N) is 1. The molecule has 138 valence electrons. The van der Waals surface area contributed by atoms with Crippen molar-refractivity contribution in [1.29, 1.82) is 5.26 Å². The SMILES string of the molecule is Cc1ccc(NC(=O)/C(C#N)=C/c2ccc(OCC(N)=O)c(Cl)c2)c(C)c1. The monoisotopic (exact) mass is 383 g/mol. The topological polar surface area (TPSA) is 105 Å². The van der Waals surface area contributed by atoms with Crippen LogP contribution in [-0.2, 0) is 9.59 Å². The predicted molar refractivity (Wildman–Crippen MR) is 104 cm³/mol. The molecule has 0 aliphatic heterocycles. The lowest BCUT2D eigenvalue weighted by Crippen LogP contribution is -2.20. The van der Waals surface area contributed by atoms with Crippen LogP contribution in [0.1, 0.15) is 16.7 Å². The van der Waals surface area contributed by atoms with Gasteiger partial charge in [-0.1, -0.05) is 35.4 Å². The van der Waals surface area contributed by atoms with E-state index in [2.05, 4.69) is 5.32 Å². The molecular weight excluding hydrogens is 366 g/mol. The highest BCUT2D eigenvalue weighted by Gasteiger charge is 2.12. The first-order valence-corrected chi connectivity index (χ1v) is 8.39. The van der Waals surface area contributed by atoms with Crippen LogP contribution in [0, 0.1) is 25.2 Å². The average Bonchev–Trinajstić information content (AvgIpc) is 2.61. The van der Waals surface area contributed by atoms with Gasteiger partial charge in [0.1, 0.15) is 17.4 Å². The lowest BCUT2D eigenvalue weighted by atomic mass is 10.1. The van der Waals surface area contributed by atoms with Crippen molar-refractivity contribution in [3.8, 4) is 11.8 Å². The number of hydrogen-bond acceptors (Lipinski definition) is 4. The molecule has 2 aromatic carbocycles. The molecule has 0 spiro atoms. The normalized spacial score (nSPS) is 10.8. The average molecular weight is 384 g/mol. The largest absolute Gasteiger partial charge is 0.482 e. The highest BCUT2D eigenvalue weighted by atomic mass is 35.5. The summed E-state index contributed by atoms with van der Waals surface area (Å²) in [6, 6.07) is 12.2. The summed E-state index contributed by atoms with van der Waals surface area (Å²) in [4.78, 5) is 23.2. The first kappa shape index (κ1) is 20.0. The molecule has 0 heterocycles. The van der Waals surface area contributed by atoms with E-state index in [0.717, 1.165) is 11.1 Å². The Morgan fingerprint density at radius 2 is 2.00 bits per heavy atom. The fourth-order valence-corrected chi connectivity index (χ4v) is 2.58. The number of carbonyl (C=O) groups is 2. The van der Waals surface area contributed by atoms with Crippen LogP contribution in [-0.4, -0.2) is 18.4 Å². The van der Waals surface area contributed by atoms with E-state index in [1.807, 2.05) is 32.0 Å². The van der Waals surface area contributed by atoms with E-state index in [0.29, 0.717) is 11.3 Å². The number of primary amides is 1. The molecule has 0 aromatic heterocycles. The Bertz CT molecular complexity index is 961. The molecular formula is C20H18ClN3O3. The maximum atomic E-state index is 12.4. The molecule has 0 saturated carbocycles. The number of benzene rings is 2. The zero-order chi connectivity index (χ0) is 20.0. The summed E-state index contributed by atoms with van der Waals surface area (Å²) in [5, 5.41) is 12.3. The van der Waals surface area contributed by atoms with Crippen molar-refractivity contribution in [3.63, 3.8) is 0 Å². The van der Waals surface area contributed by atoms with Gasteiger partial charge in [-0.15, -0.1) is 0 Å². The third-order valence-corrected chi connectivity index (χ3v) is 3.93. The Labute approximate surface area is 162 Å². The quantitative estimate of drug-likeness (QED) is 0.589. The molecule has 0 radical (unpaired) electrons. The van der Waals surface area contributed by atoms with Gasteiger partial charge in [-0.05, 0) is 49.2 Å². The standard InChI is InChI=1S/C20H18ClN3O3/c1-12-3-5-17(13(2)7-12)24-20(26)15(10-22)8-14-4-6-18(16(21)9-14)27-11-19(23)25/h3-9H,11H2,1-2H3,(H2,23,25)(H,24,26)/b15-8+. The number of aryl methyl sites for hydroxylation is 2. The van der Waals surface area contributed by atoms with Crippen molar-refractivity contribution >= 4 is 35.2 Å². The van der Waals surface area contributed by atoms with Crippen LogP contribution >= 0.6 is 11.6 Å². The summed E-state index contributed by atoms with van der Waals surface area (Å²) in [5.41, 5.74) is 8.11. The maximum absolute atomic E-state index is 12.4. The number of nitrogens with zero attached hydrogens (tertiary/aromatic N) is 1. The van der Waals surface area contributed by atoms with Gasteiger partial charge in [0.25, 0.3) is 11.8 Å². The van der Waals surface area contributed by atoms with Crippen LogP contribution in [0.3, 0.4) is 0 Å². The van der Waals surface area contributed by atoms with Crippen LogP contribution in [0.25, 0.3) is 6.08 Å². The van der Waals surface area contributed by atoms with Gasteiger partial charge in [0, 0.05) is 5.69 Å². The van der Waals surface area contributed by atoms with Gasteiger partial charge in [0.15, 0.2) is 6.61 Å². The van der Waals surface area contributed by atoms with E-state index in [1.165, 1.54) is 18.2 Å². The Kier molecular flexibility index (Phi) is 6.58. The molecule has 3 N–H and O–H groups in total. The Hall–Kier alpha value is -3.30. The Balaban J connectivity index is 2.19. The molecule has 0 atom stereocenters.